The first-order valence-corrected chi connectivity index (χ1v) is 10.6. The fourth-order valence-corrected chi connectivity index (χ4v) is 3.74. The van der Waals surface area contributed by atoms with Crippen molar-refractivity contribution in [2.45, 2.75) is 38.0 Å². The van der Waals surface area contributed by atoms with Crippen molar-refractivity contribution in [1.29, 1.82) is 0 Å². The molecule has 33 heavy (non-hydrogen) atoms. The number of aryl methyl sites for hydroxylation is 2. The fraction of sp³-hybridized carbons (Fsp3) is 0.269. The maximum absolute atomic E-state index is 14.8. The number of carbonyl (C=O) groups is 1. The summed E-state index contributed by atoms with van der Waals surface area (Å²) < 4.78 is 53.4. The summed E-state index contributed by atoms with van der Waals surface area (Å²) in [7, 11) is 1.53. The van der Waals surface area contributed by atoms with E-state index in [0.717, 1.165) is 23.3 Å². The molecule has 0 saturated heterocycles. The van der Waals surface area contributed by atoms with Gasteiger partial charge < -0.3 is 5.32 Å². The molecule has 2 atom stereocenters. The molecule has 0 aliphatic rings. The zero-order chi connectivity index (χ0) is 24.0. The molecular weight excluding hydrogens is 432 g/mol. The average Bonchev–Trinajstić information content (AvgIpc) is 2.81. The minimum Gasteiger partial charge on any atom is -0.358 e. The number of carbonyl (C=O) groups excluding carboxylic acids is 1. The topological polar surface area (TPSA) is 41.1 Å². The summed E-state index contributed by atoms with van der Waals surface area (Å²) in [5.74, 6) is -0.678. The first kappa shape index (κ1) is 24.5. The van der Waals surface area contributed by atoms with E-state index in [0.29, 0.717) is 24.0 Å². The Morgan fingerprint density at radius 3 is 2.24 bits per heavy atom. The van der Waals surface area contributed by atoms with Crippen molar-refractivity contribution in [2.24, 2.45) is 0 Å². The lowest BCUT2D eigenvalue weighted by Crippen LogP contribution is -2.38. The number of alkyl halides is 3. The maximum Gasteiger partial charge on any atom is 0.416 e. The van der Waals surface area contributed by atoms with Crippen LogP contribution in [0.2, 0.25) is 0 Å². The van der Waals surface area contributed by atoms with Gasteiger partial charge in [-0.2, -0.15) is 13.2 Å². The second-order valence-corrected chi connectivity index (χ2v) is 7.94. The Balaban J connectivity index is 1.89. The van der Waals surface area contributed by atoms with Crippen molar-refractivity contribution < 1.29 is 22.4 Å². The molecule has 0 aliphatic heterocycles. The zero-order valence-electron chi connectivity index (χ0n) is 18.4. The van der Waals surface area contributed by atoms with Crippen molar-refractivity contribution in [3.8, 4) is 0 Å². The van der Waals surface area contributed by atoms with Crippen LogP contribution in [0.15, 0.2) is 72.8 Å². The Morgan fingerprint density at radius 1 is 0.970 bits per heavy atom. The van der Waals surface area contributed by atoms with Crippen LogP contribution >= 0.6 is 0 Å². The van der Waals surface area contributed by atoms with E-state index in [4.69, 9.17) is 0 Å². The molecule has 0 bridgehead atoms. The number of halogens is 4. The van der Waals surface area contributed by atoms with Gasteiger partial charge in [0.2, 0.25) is 5.91 Å². The number of hydrogen-bond donors (Lipinski definition) is 2. The molecule has 174 valence electrons. The fourth-order valence-electron chi connectivity index (χ4n) is 3.74. The molecule has 3 rings (SSSR count). The summed E-state index contributed by atoms with van der Waals surface area (Å²) in [4.78, 5) is 12.7. The normalized spacial score (nSPS) is 13.4. The SMILES string of the molecule is CNC(=O)C(NC(CCc1ccc(C(F)(F)F)cc1)c1cc(C)ccc1F)c1ccccc1. The maximum atomic E-state index is 14.8. The Morgan fingerprint density at radius 2 is 1.64 bits per heavy atom. The van der Waals surface area contributed by atoms with Gasteiger partial charge in [0.05, 0.1) is 5.56 Å². The number of nitrogens with one attached hydrogen (secondary N) is 2. The van der Waals surface area contributed by atoms with E-state index >= 15 is 0 Å². The summed E-state index contributed by atoms with van der Waals surface area (Å²) in [6.07, 6.45) is -3.62. The Kier molecular flexibility index (Phi) is 7.87. The van der Waals surface area contributed by atoms with Gasteiger partial charge in [0.15, 0.2) is 0 Å². The van der Waals surface area contributed by atoms with Gasteiger partial charge in [-0.1, -0.05) is 60.2 Å². The third-order valence-electron chi connectivity index (χ3n) is 5.54. The predicted octanol–water partition coefficient (Wildman–Crippen LogP) is 5.90. The highest BCUT2D eigenvalue weighted by atomic mass is 19.4. The van der Waals surface area contributed by atoms with Crippen LogP contribution in [-0.2, 0) is 17.4 Å². The van der Waals surface area contributed by atoms with Crippen molar-refractivity contribution in [3.05, 3.63) is 106 Å². The summed E-state index contributed by atoms with van der Waals surface area (Å²) in [6.45, 7) is 1.85. The highest BCUT2D eigenvalue weighted by molar-refractivity contribution is 5.83. The van der Waals surface area contributed by atoms with Crippen LogP contribution in [0.25, 0.3) is 0 Å². The van der Waals surface area contributed by atoms with Crippen LogP contribution in [0.1, 0.15) is 46.3 Å². The first-order chi connectivity index (χ1) is 15.7. The Hall–Kier alpha value is -3.19. The summed E-state index contributed by atoms with van der Waals surface area (Å²) >= 11 is 0. The van der Waals surface area contributed by atoms with Crippen LogP contribution in [0.4, 0.5) is 17.6 Å². The first-order valence-electron chi connectivity index (χ1n) is 10.6. The van der Waals surface area contributed by atoms with Gasteiger partial charge in [-0.05, 0) is 49.1 Å². The van der Waals surface area contributed by atoms with E-state index in [1.54, 1.807) is 12.1 Å². The monoisotopic (exact) mass is 458 g/mol. The van der Waals surface area contributed by atoms with Crippen LogP contribution in [0.3, 0.4) is 0 Å². The number of rotatable bonds is 8. The van der Waals surface area contributed by atoms with E-state index in [2.05, 4.69) is 10.6 Å². The molecule has 7 heteroatoms. The molecule has 0 fully saturated rings. The largest absolute Gasteiger partial charge is 0.416 e. The Labute approximate surface area is 190 Å². The minimum atomic E-state index is -4.40. The zero-order valence-corrected chi connectivity index (χ0v) is 18.4. The molecule has 0 saturated carbocycles. The third kappa shape index (κ3) is 6.42. The third-order valence-corrected chi connectivity index (χ3v) is 5.54. The summed E-state index contributed by atoms with van der Waals surface area (Å²) in [5.41, 5.74) is 1.98. The molecule has 0 spiro atoms. The number of benzene rings is 3. The quantitative estimate of drug-likeness (QED) is 0.413. The highest BCUT2D eigenvalue weighted by Gasteiger charge is 2.30. The smallest absolute Gasteiger partial charge is 0.358 e. The minimum absolute atomic E-state index is 0.270. The molecular formula is C26H26F4N2O. The molecule has 3 aromatic carbocycles. The van der Waals surface area contributed by atoms with Gasteiger partial charge in [0.25, 0.3) is 0 Å². The van der Waals surface area contributed by atoms with Crippen molar-refractivity contribution >= 4 is 5.91 Å². The van der Waals surface area contributed by atoms with Crippen molar-refractivity contribution in [2.75, 3.05) is 7.05 Å². The predicted molar refractivity (Wildman–Crippen MR) is 120 cm³/mol. The van der Waals surface area contributed by atoms with Crippen molar-refractivity contribution in [3.63, 3.8) is 0 Å². The van der Waals surface area contributed by atoms with E-state index in [-0.39, 0.29) is 5.91 Å². The molecule has 1 amide bonds. The lowest BCUT2D eigenvalue weighted by atomic mass is 9.94. The van der Waals surface area contributed by atoms with Crippen LogP contribution in [0.5, 0.6) is 0 Å². The van der Waals surface area contributed by atoms with E-state index in [1.807, 2.05) is 37.3 Å². The average molecular weight is 458 g/mol. The van der Waals surface area contributed by atoms with Crippen LogP contribution in [0, 0.1) is 12.7 Å². The van der Waals surface area contributed by atoms with Gasteiger partial charge in [-0.25, -0.2) is 4.39 Å². The molecule has 0 aromatic heterocycles. The number of likely N-dealkylation sites (N-methyl/N-ethyl adjacent to an activating group) is 1. The van der Waals surface area contributed by atoms with Crippen LogP contribution in [-0.4, -0.2) is 13.0 Å². The highest BCUT2D eigenvalue weighted by Crippen LogP contribution is 2.30. The molecule has 3 aromatic rings. The molecule has 2 unspecified atom stereocenters. The van der Waals surface area contributed by atoms with E-state index in [1.165, 1.54) is 25.2 Å². The van der Waals surface area contributed by atoms with E-state index < -0.39 is 29.6 Å². The van der Waals surface area contributed by atoms with Gasteiger partial charge in [-0.3, -0.25) is 10.1 Å². The Bertz CT molecular complexity index is 1070. The summed E-state index contributed by atoms with van der Waals surface area (Å²) in [5, 5.41) is 5.92. The van der Waals surface area contributed by atoms with E-state index in [9.17, 15) is 22.4 Å². The molecule has 3 nitrogen and oxygen atoms in total. The van der Waals surface area contributed by atoms with Gasteiger partial charge in [0, 0.05) is 18.7 Å². The molecule has 0 heterocycles. The standard InChI is InChI=1S/C26H26F4N2O/c1-17-8-14-22(27)21(16-17)23(15-11-18-9-12-20(13-10-18)26(28,29)30)32-24(25(33)31-2)19-6-4-3-5-7-19/h3-10,12-14,16,23-24,32H,11,15H2,1-2H3,(H,31,33). The molecule has 2 N–H and O–H groups in total. The number of hydrogen-bond acceptors (Lipinski definition) is 2. The van der Waals surface area contributed by atoms with Crippen LogP contribution < -0.4 is 10.6 Å². The number of amides is 1. The second-order valence-electron chi connectivity index (χ2n) is 7.94. The lowest BCUT2D eigenvalue weighted by molar-refractivity contribution is -0.137. The van der Waals surface area contributed by atoms with Crippen molar-refractivity contribution in [1.82, 2.24) is 10.6 Å². The van der Waals surface area contributed by atoms with Gasteiger partial charge in [-0.15, -0.1) is 0 Å². The lowest BCUT2D eigenvalue weighted by Gasteiger charge is -2.26. The van der Waals surface area contributed by atoms with Gasteiger partial charge >= 0.3 is 6.18 Å². The molecule has 0 radical (unpaired) electrons. The van der Waals surface area contributed by atoms with Gasteiger partial charge in [0.1, 0.15) is 11.9 Å². The second kappa shape index (κ2) is 10.6. The molecule has 0 aliphatic carbocycles. The summed E-state index contributed by atoms with van der Waals surface area (Å²) in [6, 6.07) is 17.5.